The van der Waals surface area contributed by atoms with Gasteiger partial charge in [0.05, 0.1) is 5.69 Å². The van der Waals surface area contributed by atoms with E-state index >= 15 is 0 Å². The van der Waals surface area contributed by atoms with Crippen LogP contribution in [0.15, 0.2) is 42.5 Å². The fourth-order valence-electron chi connectivity index (χ4n) is 3.07. The van der Waals surface area contributed by atoms with Gasteiger partial charge < -0.3 is 9.88 Å². The molecule has 0 unspecified atom stereocenters. The highest BCUT2D eigenvalue weighted by atomic mass is 15.2. The summed E-state index contributed by atoms with van der Waals surface area (Å²) >= 11 is 0. The second-order valence-electron chi connectivity index (χ2n) is 5.33. The van der Waals surface area contributed by atoms with E-state index in [-0.39, 0.29) is 0 Å². The van der Waals surface area contributed by atoms with Gasteiger partial charge in [-0.2, -0.15) is 0 Å². The summed E-state index contributed by atoms with van der Waals surface area (Å²) in [5, 5.41) is 5.93. The molecule has 3 aromatic rings. The molecule has 0 saturated heterocycles. The molecule has 1 N–H and O–H groups in total. The van der Waals surface area contributed by atoms with Gasteiger partial charge in [-0.05, 0) is 24.1 Å². The molecule has 1 aromatic heterocycles. The molecule has 20 heavy (non-hydrogen) atoms. The van der Waals surface area contributed by atoms with Crippen molar-refractivity contribution in [1.82, 2.24) is 9.55 Å². The Morgan fingerprint density at radius 2 is 1.95 bits per heavy atom. The number of nitrogens with zero attached hydrogens (tertiary/aromatic N) is 2. The van der Waals surface area contributed by atoms with E-state index in [0.717, 1.165) is 24.7 Å². The van der Waals surface area contributed by atoms with Crippen molar-refractivity contribution in [2.75, 3.05) is 11.9 Å². The molecule has 0 saturated carbocycles. The molecular formula is C17H17N3. The summed E-state index contributed by atoms with van der Waals surface area (Å²) in [6.07, 6.45) is 1.17. The summed E-state index contributed by atoms with van der Waals surface area (Å²) in [6, 6.07) is 14.9. The summed E-state index contributed by atoms with van der Waals surface area (Å²) in [5.41, 5.74) is 3.58. The molecule has 0 amide bonds. The van der Waals surface area contributed by atoms with Crippen LogP contribution in [0.25, 0.3) is 22.0 Å². The molecule has 0 radical (unpaired) electrons. The molecule has 1 aliphatic rings. The van der Waals surface area contributed by atoms with Crippen molar-refractivity contribution in [1.29, 1.82) is 0 Å². The van der Waals surface area contributed by atoms with Crippen molar-refractivity contribution >= 4 is 16.7 Å². The fourth-order valence-corrected chi connectivity index (χ4v) is 3.07. The Morgan fingerprint density at radius 3 is 2.85 bits per heavy atom. The number of fused-ring (bicyclic) bond motifs is 2. The third-order valence-electron chi connectivity index (χ3n) is 4.11. The first kappa shape index (κ1) is 11.5. The molecule has 100 valence electrons. The van der Waals surface area contributed by atoms with Gasteiger partial charge >= 0.3 is 0 Å². The number of anilines is 1. The maximum Gasteiger partial charge on any atom is 0.203 e. The second kappa shape index (κ2) is 4.37. The van der Waals surface area contributed by atoms with Gasteiger partial charge in [0.1, 0.15) is 0 Å². The Bertz CT molecular complexity index is 781. The molecule has 3 heteroatoms. The van der Waals surface area contributed by atoms with Crippen LogP contribution < -0.4 is 5.32 Å². The minimum Gasteiger partial charge on any atom is -0.356 e. The van der Waals surface area contributed by atoms with Gasteiger partial charge in [0.2, 0.25) is 5.95 Å². The Morgan fingerprint density at radius 1 is 1.10 bits per heavy atom. The first-order valence-corrected chi connectivity index (χ1v) is 7.14. The van der Waals surface area contributed by atoms with Crippen molar-refractivity contribution < 1.29 is 0 Å². The van der Waals surface area contributed by atoms with E-state index < -0.39 is 0 Å². The molecule has 2 aromatic carbocycles. The van der Waals surface area contributed by atoms with E-state index in [9.17, 15) is 0 Å². The maximum atomic E-state index is 4.82. The quantitative estimate of drug-likeness (QED) is 0.723. The van der Waals surface area contributed by atoms with Gasteiger partial charge in [-0.3, -0.25) is 0 Å². The van der Waals surface area contributed by atoms with Crippen LogP contribution in [0.1, 0.15) is 12.1 Å². The Labute approximate surface area is 118 Å². The lowest BCUT2D eigenvalue weighted by molar-refractivity contribution is 0.615. The number of rotatable bonds is 1. The van der Waals surface area contributed by atoms with Crippen LogP contribution in [-0.2, 0) is 6.54 Å². The van der Waals surface area contributed by atoms with E-state index in [4.69, 9.17) is 4.98 Å². The molecule has 0 bridgehead atoms. The van der Waals surface area contributed by atoms with Gasteiger partial charge in [-0.1, -0.05) is 42.5 Å². The average Bonchev–Trinajstić information content (AvgIpc) is 2.84. The molecule has 0 aliphatic carbocycles. The molecule has 1 aliphatic heterocycles. The fraction of sp³-hybridized carbons (Fsp3) is 0.235. The average molecular weight is 263 g/mol. The van der Waals surface area contributed by atoms with Gasteiger partial charge in [0.15, 0.2) is 0 Å². The van der Waals surface area contributed by atoms with Crippen molar-refractivity contribution in [2.45, 2.75) is 19.9 Å². The minimum absolute atomic E-state index is 1.01. The molecule has 2 heterocycles. The Balaban J connectivity index is 1.98. The highest BCUT2D eigenvalue weighted by Crippen LogP contribution is 2.32. The Kier molecular flexibility index (Phi) is 2.52. The third-order valence-corrected chi connectivity index (χ3v) is 4.11. The van der Waals surface area contributed by atoms with E-state index in [1.54, 1.807) is 0 Å². The molecule has 0 fully saturated rings. The number of imidazole rings is 1. The van der Waals surface area contributed by atoms with Crippen LogP contribution in [0, 0.1) is 6.92 Å². The number of hydrogen-bond acceptors (Lipinski definition) is 2. The highest BCUT2D eigenvalue weighted by Gasteiger charge is 2.18. The monoisotopic (exact) mass is 263 g/mol. The zero-order valence-corrected chi connectivity index (χ0v) is 11.6. The topological polar surface area (TPSA) is 29.9 Å². The lowest BCUT2D eigenvalue weighted by Crippen LogP contribution is -2.17. The molecule has 3 nitrogen and oxygen atoms in total. The highest BCUT2D eigenvalue weighted by molar-refractivity contribution is 5.96. The van der Waals surface area contributed by atoms with Crippen LogP contribution in [0.5, 0.6) is 0 Å². The first-order chi connectivity index (χ1) is 9.84. The smallest absolute Gasteiger partial charge is 0.203 e. The summed E-state index contributed by atoms with van der Waals surface area (Å²) in [6.45, 7) is 4.25. The minimum atomic E-state index is 1.01. The van der Waals surface area contributed by atoms with E-state index in [2.05, 4.69) is 59.3 Å². The van der Waals surface area contributed by atoms with Crippen LogP contribution in [0.3, 0.4) is 0 Å². The van der Waals surface area contributed by atoms with Crippen molar-refractivity contribution in [3.8, 4) is 11.3 Å². The van der Waals surface area contributed by atoms with Gasteiger partial charge in [-0.25, -0.2) is 4.98 Å². The van der Waals surface area contributed by atoms with Crippen molar-refractivity contribution in [3.05, 3.63) is 48.2 Å². The van der Waals surface area contributed by atoms with Gasteiger partial charge in [-0.15, -0.1) is 0 Å². The van der Waals surface area contributed by atoms with E-state index in [1.165, 1.54) is 28.5 Å². The molecule has 4 rings (SSSR count). The zero-order valence-electron chi connectivity index (χ0n) is 11.6. The normalized spacial score (nSPS) is 14.1. The van der Waals surface area contributed by atoms with E-state index in [1.807, 2.05) is 0 Å². The molecular weight excluding hydrogens is 246 g/mol. The lowest BCUT2D eigenvalue weighted by atomic mass is 10.0. The van der Waals surface area contributed by atoms with Gasteiger partial charge in [0, 0.05) is 24.3 Å². The van der Waals surface area contributed by atoms with Crippen LogP contribution >= 0.6 is 0 Å². The first-order valence-electron chi connectivity index (χ1n) is 7.14. The largest absolute Gasteiger partial charge is 0.356 e. The van der Waals surface area contributed by atoms with Crippen LogP contribution in [0.2, 0.25) is 0 Å². The van der Waals surface area contributed by atoms with Crippen molar-refractivity contribution in [2.24, 2.45) is 0 Å². The van der Waals surface area contributed by atoms with Gasteiger partial charge in [0.25, 0.3) is 0 Å². The summed E-state index contributed by atoms with van der Waals surface area (Å²) in [4.78, 5) is 4.82. The molecule has 0 spiro atoms. The summed E-state index contributed by atoms with van der Waals surface area (Å²) < 4.78 is 2.29. The third kappa shape index (κ3) is 1.63. The van der Waals surface area contributed by atoms with Crippen molar-refractivity contribution in [3.63, 3.8) is 0 Å². The number of hydrogen-bond donors (Lipinski definition) is 1. The van der Waals surface area contributed by atoms with Crippen LogP contribution in [0.4, 0.5) is 5.95 Å². The predicted octanol–water partition coefficient (Wildman–Crippen LogP) is 3.83. The zero-order chi connectivity index (χ0) is 13.5. The number of aromatic nitrogens is 2. The number of benzene rings is 2. The van der Waals surface area contributed by atoms with Crippen LogP contribution in [-0.4, -0.2) is 16.1 Å². The SMILES string of the molecule is Cc1c(-c2cccc3ccccc23)nc2n1CCCN2. The predicted molar refractivity (Wildman–Crippen MR) is 83.0 cm³/mol. The standard InChI is InChI=1S/C17H17N3/c1-12-16(19-17-18-10-5-11-20(12)17)15-9-4-7-13-6-2-3-8-14(13)15/h2-4,6-9H,5,10-11H2,1H3,(H,18,19). The molecule has 0 atom stereocenters. The van der Waals surface area contributed by atoms with E-state index in [0.29, 0.717) is 0 Å². The lowest BCUT2D eigenvalue weighted by Gasteiger charge is -2.16. The number of nitrogens with one attached hydrogen (secondary N) is 1. The summed E-state index contributed by atoms with van der Waals surface area (Å²) in [5.74, 6) is 1.01. The summed E-state index contributed by atoms with van der Waals surface area (Å²) in [7, 11) is 0. The Hall–Kier alpha value is -2.29. The maximum absolute atomic E-state index is 4.82. The second-order valence-corrected chi connectivity index (χ2v) is 5.33.